The van der Waals surface area contributed by atoms with Crippen LogP contribution in [-0.4, -0.2) is 44.2 Å². The van der Waals surface area contributed by atoms with E-state index in [4.69, 9.17) is 5.11 Å². The van der Waals surface area contributed by atoms with E-state index in [0.717, 1.165) is 0 Å². The summed E-state index contributed by atoms with van der Waals surface area (Å²) in [5, 5.41) is 11.4. The average molecular weight is 215 g/mol. The fourth-order valence-electron chi connectivity index (χ4n) is 0.816. The molecule has 2 N–H and O–H groups in total. The number of nitrogens with one attached hydrogen (secondary N) is 1. The number of hydrogen-bond donors (Lipinski definition) is 2. The van der Waals surface area contributed by atoms with Gasteiger partial charge in [-0.1, -0.05) is 0 Å². The summed E-state index contributed by atoms with van der Waals surface area (Å²) in [5.41, 5.74) is 0. The van der Waals surface area contributed by atoms with Crippen molar-refractivity contribution in [3.8, 4) is 0 Å². The van der Waals surface area contributed by atoms with Crippen LogP contribution < -0.4 is 5.32 Å². The van der Waals surface area contributed by atoms with Crippen LogP contribution in [0, 0.1) is 0 Å². The summed E-state index contributed by atoms with van der Waals surface area (Å²) >= 11 is 0. The first-order valence-electron chi connectivity index (χ1n) is 4.52. The highest BCUT2D eigenvalue weighted by atomic mass is 19.4. The third-order valence-corrected chi connectivity index (χ3v) is 1.42. The molecule has 6 heteroatoms. The first-order valence-corrected chi connectivity index (χ1v) is 4.52. The maximum atomic E-state index is 11.6. The minimum atomic E-state index is -4.23. The maximum absolute atomic E-state index is 11.6. The Morgan fingerprint density at radius 2 is 1.79 bits per heavy atom. The maximum Gasteiger partial charge on any atom is 0.411 e. The second-order valence-electron chi connectivity index (χ2n) is 2.85. The van der Waals surface area contributed by atoms with Crippen molar-refractivity contribution >= 4 is 0 Å². The van der Waals surface area contributed by atoms with Crippen LogP contribution >= 0.6 is 0 Å². The summed E-state index contributed by atoms with van der Waals surface area (Å²) in [6.45, 7) is 0.334. The minimum absolute atomic E-state index is 0.103. The van der Waals surface area contributed by atoms with E-state index >= 15 is 0 Å². The molecule has 0 aliphatic carbocycles. The van der Waals surface area contributed by atoms with Gasteiger partial charge in [-0.25, -0.2) is 0 Å². The molecule has 0 radical (unpaired) electrons. The monoisotopic (exact) mass is 215 g/mol. The van der Waals surface area contributed by atoms with E-state index < -0.39 is 12.8 Å². The van der Waals surface area contributed by atoms with Gasteiger partial charge < -0.3 is 15.2 Å². The molecule has 0 aliphatic rings. The molecule has 0 aromatic rings. The normalized spacial score (nSPS) is 12.0. The molecule has 0 saturated heterocycles. The van der Waals surface area contributed by atoms with E-state index in [2.05, 4.69) is 10.1 Å². The molecule has 86 valence electrons. The molecule has 14 heavy (non-hydrogen) atoms. The number of alkyl halides is 3. The molecule has 3 nitrogen and oxygen atoms in total. The molecule has 0 aliphatic heterocycles. The Morgan fingerprint density at radius 1 is 1.14 bits per heavy atom. The van der Waals surface area contributed by atoms with Crippen LogP contribution in [0.2, 0.25) is 0 Å². The standard InChI is InChI=1S/C8H16F3NO2/c9-8(10,11)7-14-6-2-4-12-3-1-5-13/h12-13H,1-7H2. The predicted molar refractivity (Wildman–Crippen MR) is 46.1 cm³/mol. The third-order valence-electron chi connectivity index (χ3n) is 1.42. The van der Waals surface area contributed by atoms with Crippen LogP contribution in [0.3, 0.4) is 0 Å². The van der Waals surface area contributed by atoms with Crippen LogP contribution in [-0.2, 0) is 4.74 Å². The first-order chi connectivity index (χ1) is 6.56. The van der Waals surface area contributed by atoms with Gasteiger partial charge in [0.2, 0.25) is 0 Å². The minimum Gasteiger partial charge on any atom is -0.396 e. The molecule has 0 spiro atoms. The zero-order chi connectivity index (χ0) is 10.9. The van der Waals surface area contributed by atoms with E-state index in [1.807, 2.05) is 0 Å². The van der Waals surface area contributed by atoms with Gasteiger partial charge in [-0.15, -0.1) is 0 Å². The van der Waals surface area contributed by atoms with Gasteiger partial charge in [0.25, 0.3) is 0 Å². The molecular formula is C8H16F3NO2. The molecule has 0 rings (SSSR count). The van der Waals surface area contributed by atoms with Crippen LogP contribution in [0.5, 0.6) is 0 Å². The van der Waals surface area contributed by atoms with Crippen molar-refractivity contribution in [2.75, 3.05) is 32.9 Å². The van der Waals surface area contributed by atoms with Gasteiger partial charge in [-0.2, -0.15) is 13.2 Å². The summed E-state index contributed by atoms with van der Waals surface area (Å²) < 4.78 is 39.1. The largest absolute Gasteiger partial charge is 0.411 e. The van der Waals surface area contributed by atoms with Crippen molar-refractivity contribution in [1.29, 1.82) is 0 Å². The summed E-state index contributed by atoms with van der Waals surface area (Å²) in [4.78, 5) is 0. The molecule has 0 amide bonds. The predicted octanol–water partition coefficient (Wildman–Crippen LogP) is 0.927. The molecule has 0 aromatic heterocycles. The number of halogens is 3. The van der Waals surface area contributed by atoms with Crippen molar-refractivity contribution in [1.82, 2.24) is 5.32 Å². The van der Waals surface area contributed by atoms with Crippen molar-refractivity contribution in [3.05, 3.63) is 0 Å². The highest BCUT2D eigenvalue weighted by molar-refractivity contribution is 4.49. The summed E-state index contributed by atoms with van der Waals surface area (Å²) in [7, 11) is 0. The molecule has 0 saturated carbocycles. The molecule has 0 aromatic carbocycles. The highest BCUT2D eigenvalue weighted by Gasteiger charge is 2.26. The van der Waals surface area contributed by atoms with Crippen molar-refractivity contribution < 1.29 is 23.0 Å². The van der Waals surface area contributed by atoms with Crippen LogP contribution in [0.15, 0.2) is 0 Å². The lowest BCUT2D eigenvalue weighted by molar-refractivity contribution is -0.173. The lowest BCUT2D eigenvalue weighted by atomic mass is 10.4. The molecular weight excluding hydrogens is 199 g/mol. The quantitative estimate of drug-likeness (QED) is 0.592. The number of hydrogen-bond acceptors (Lipinski definition) is 3. The van der Waals surface area contributed by atoms with Crippen LogP contribution in [0.4, 0.5) is 13.2 Å². The van der Waals surface area contributed by atoms with Gasteiger partial charge >= 0.3 is 6.18 Å². The third kappa shape index (κ3) is 11.7. The van der Waals surface area contributed by atoms with Gasteiger partial charge in [0.05, 0.1) is 0 Å². The SMILES string of the molecule is OCCCNCCCOCC(F)(F)F. The van der Waals surface area contributed by atoms with Gasteiger partial charge in [-0.3, -0.25) is 0 Å². The van der Waals surface area contributed by atoms with Gasteiger partial charge in [-0.05, 0) is 25.9 Å². The number of rotatable bonds is 8. The van der Waals surface area contributed by atoms with E-state index in [1.54, 1.807) is 0 Å². The molecule has 0 unspecified atom stereocenters. The topological polar surface area (TPSA) is 41.5 Å². The number of aliphatic hydroxyl groups is 1. The van der Waals surface area contributed by atoms with Gasteiger partial charge in [0.15, 0.2) is 0 Å². The molecule has 0 bridgehead atoms. The number of ether oxygens (including phenoxy) is 1. The van der Waals surface area contributed by atoms with E-state index in [1.165, 1.54) is 0 Å². The van der Waals surface area contributed by atoms with E-state index in [9.17, 15) is 13.2 Å². The summed E-state index contributed by atoms with van der Waals surface area (Å²) in [6.07, 6.45) is -3.03. The van der Waals surface area contributed by atoms with Gasteiger partial charge in [0, 0.05) is 13.2 Å². The zero-order valence-corrected chi connectivity index (χ0v) is 7.94. The van der Waals surface area contributed by atoms with Gasteiger partial charge in [0.1, 0.15) is 6.61 Å². The summed E-state index contributed by atoms with van der Waals surface area (Å²) in [5.74, 6) is 0. The Bertz CT molecular complexity index is 130. The van der Waals surface area contributed by atoms with Crippen molar-refractivity contribution in [3.63, 3.8) is 0 Å². The Balaban J connectivity index is 2.99. The van der Waals surface area contributed by atoms with E-state index in [-0.39, 0.29) is 13.2 Å². The van der Waals surface area contributed by atoms with Crippen LogP contribution in [0.1, 0.15) is 12.8 Å². The Kier molecular flexibility index (Phi) is 7.83. The zero-order valence-electron chi connectivity index (χ0n) is 7.94. The second kappa shape index (κ2) is 8.02. The average Bonchev–Trinajstić information content (AvgIpc) is 2.08. The Hall–Kier alpha value is -0.330. The number of aliphatic hydroxyl groups excluding tert-OH is 1. The summed E-state index contributed by atoms with van der Waals surface area (Å²) in [6, 6.07) is 0. The second-order valence-corrected chi connectivity index (χ2v) is 2.85. The lowest BCUT2D eigenvalue weighted by Gasteiger charge is -2.07. The van der Waals surface area contributed by atoms with Crippen molar-refractivity contribution in [2.45, 2.75) is 19.0 Å². The Labute approximate surface area is 81.2 Å². The Morgan fingerprint density at radius 3 is 2.36 bits per heavy atom. The fraction of sp³-hybridized carbons (Fsp3) is 1.00. The molecule has 0 atom stereocenters. The molecule has 0 fully saturated rings. The smallest absolute Gasteiger partial charge is 0.396 e. The van der Waals surface area contributed by atoms with E-state index in [0.29, 0.717) is 25.9 Å². The van der Waals surface area contributed by atoms with Crippen LogP contribution in [0.25, 0.3) is 0 Å². The highest BCUT2D eigenvalue weighted by Crippen LogP contribution is 2.14. The van der Waals surface area contributed by atoms with Crippen molar-refractivity contribution in [2.24, 2.45) is 0 Å². The molecule has 0 heterocycles. The fourth-order valence-corrected chi connectivity index (χ4v) is 0.816. The first kappa shape index (κ1) is 13.7. The lowest BCUT2D eigenvalue weighted by Crippen LogP contribution is -2.21.